The zero-order chi connectivity index (χ0) is 22.7. The van der Waals surface area contributed by atoms with Crippen molar-refractivity contribution in [3.05, 3.63) is 98.0 Å². The Labute approximate surface area is 198 Å². The van der Waals surface area contributed by atoms with Crippen molar-refractivity contribution in [2.45, 2.75) is 25.4 Å². The maximum absolute atomic E-state index is 13.2. The van der Waals surface area contributed by atoms with Gasteiger partial charge in [-0.2, -0.15) is 13.2 Å². The highest BCUT2D eigenvalue weighted by Crippen LogP contribution is 2.38. The zero-order valence-corrected chi connectivity index (χ0v) is 19.1. The molecule has 0 aliphatic carbocycles. The first kappa shape index (κ1) is 22.8. The van der Waals surface area contributed by atoms with Gasteiger partial charge in [-0.1, -0.05) is 71.7 Å². The molecular weight excluding hydrogens is 474 g/mol. The van der Waals surface area contributed by atoms with E-state index < -0.39 is 11.7 Å². The van der Waals surface area contributed by atoms with Crippen molar-refractivity contribution >= 4 is 56.9 Å². The van der Waals surface area contributed by atoms with Crippen molar-refractivity contribution in [2.75, 3.05) is 0 Å². The van der Waals surface area contributed by atoms with Gasteiger partial charge in [0.2, 0.25) is 0 Å². The average molecular weight is 492 g/mol. The van der Waals surface area contributed by atoms with E-state index >= 15 is 0 Å². The number of pyridine rings is 1. The minimum Gasteiger partial charge on any atom is -0.246 e. The van der Waals surface area contributed by atoms with E-state index in [9.17, 15) is 13.2 Å². The van der Waals surface area contributed by atoms with Gasteiger partial charge in [0.25, 0.3) is 0 Å². The van der Waals surface area contributed by atoms with Crippen molar-refractivity contribution in [1.82, 2.24) is 4.98 Å². The van der Waals surface area contributed by atoms with E-state index in [-0.39, 0.29) is 0 Å². The third-order valence-corrected chi connectivity index (χ3v) is 7.02. The molecule has 7 heteroatoms. The van der Waals surface area contributed by atoms with E-state index in [2.05, 4.69) is 4.98 Å². The first-order chi connectivity index (χ1) is 15.3. The molecule has 0 fully saturated rings. The average Bonchev–Trinajstić information content (AvgIpc) is 3.05. The summed E-state index contributed by atoms with van der Waals surface area (Å²) in [7, 11) is 0. The Morgan fingerprint density at radius 3 is 2.53 bits per heavy atom. The standard InChI is InChI=1S/C25H18Cl2F3NS/c26-22-23-21(32-24(22)27)14-13-19(31-23)12-11-17-6-3-5-16(15-17)7-4-9-18-8-1-2-10-20(18)25(28,29)30/h1-3,5-6,8,10-15H,4,7,9H2/b12-11+. The van der Waals surface area contributed by atoms with Crippen LogP contribution in [0.3, 0.4) is 0 Å². The van der Waals surface area contributed by atoms with Crippen LogP contribution in [-0.4, -0.2) is 4.98 Å². The third kappa shape index (κ3) is 5.34. The lowest BCUT2D eigenvalue weighted by atomic mass is 9.99. The van der Waals surface area contributed by atoms with Gasteiger partial charge < -0.3 is 0 Å². The Hall–Kier alpha value is -2.34. The number of thiophene rings is 1. The number of aryl methyl sites for hydroxylation is 2. The highest BCUT2D eigenvalue weighted by atomic mass is 35.5. The fourth-order valence-corrected chi connectivity index (χ4v) is 4.97. The highest BCUT2D eigenvalue weighted by Gasteiger charge is 2.32. The van der Waals surface area contributed by atoms with E-state index in [1.807, 2.05) is 48.6 Å². The SMILES string of the molecule is FC(F)(F)c1ccccc1CCCc1cccc(/C=C/c2ccc3sc(Cl)c(Cl)c3n2)c1. The Bertz CT molecular complexity index is 1280. The monoisotopic (exact) mass is 491 g/mol. The topological polar surface area (TPSA) is 12.9 Å². The van der Waals surface area contributed by atoms with Crippen molar-refractivity contribution < 1.29 is 13.2 Å². The molecule has 0 radical (unpaired) electrons. The van der Waals surface area contributed by atoms with Crippen molar-refractivity contribution in [3.8, 4) is 0 Å². The molecule has 2 aromatic heterocycles. The number of fused-ring (bicyclic) bond motifs is 1. The van der Waals surface area contributed by atoms with Gasteiger partial charge in [-0.15, -0.1) is 11.3 Å². The molecule has 0 atom stereocenters. The fourth-order valence-electron chi connectivity index (χ4n) is 3.56. The molecule has 0 bridgehead atoms. The van der Waals surface area contributed by atoms with E-state index in [0.29, 0.717) is 39.7 Å². The number of halogens is 5. The Kier molecular flexibility index (Phi) is 6.89. The van der Waals surface area contributed by atoms with Crippen LogP contribution in [0.1, 0.15) is 34.4 Å². The van der Waals surface area contributed by atoms with Gasteiger partial charge in [0.1, 0.15) is 9.85 Å². The molecule has 0 amide bonds. The van der Waals surface area contributed by atoms with E-state index in [1.54, 1.807) is 12.1 Å². The smallest absolute Gasteiger partial charge is 0.246 e. The maximum atomic E-state index is 13.2. The minimum atomic E-state index is -4.32. The van der Waals surface area contributed by atoms with Gasteiger partial charge >= 0.3 is 6.18 Å². The number of alkyl halides is 3. The van der Waals surface area contributed by atoms with Gasteiger partial charge in [-0.05, 0) is 60.2 Å². The predicted octanol–water partition coefficient (Wildman–Crippen LogP) is 8.97. The normalized spacial score (nSPS) is 12.2. The Morgan fingerprint density at radius 2 is 1.72 bits per heavy atom. The molecule has 2 aromatic carbocycles. The van der Waals surface area contributed by atoms with E-state index in [0.717, 1.165) is 27.6 Å². The second-order valence-corrected chi connectivity index (χ2v) is 9.39. The van der Waals surface area contributed by atoms with Gasteiger partial charge in [-0.25, -0.2) is 4.98 Å². The molecule has 0 spiro atoms. The van der Waals surface area contributed by atoms with Crippen LogP contribution in [0.15, 0.2) is 60.7 Å². The van der Waals surface area contributed by atoms with Gasteiger partial charge in [0, 0.05) is 0 Å². The molecule has 0 saturated carbocycles. The number of hydrogen-bond donors (Lipinski definition) is 0. The van der Waals surface area contributed by atoms with Crippen LogP contribution in [0.2, 0.25) is 9.36 Å². The number of benzene rings is 2. The lowest BCUT2D eigenvalue weighted by Crippen LogP contribution is -2.09. The summed E-state index contributed by atoms with van der Waals surface area (Å²) in [5, 5.41) is 0.469. The first-order valence-electron chi connectivity index (χ1n) is 9.98. The van der Waals surface area contributed by atoms with Crippen LogP contribution in [0.25, 0.3) is 22.4 Å². The number of rotatable bonds is 6. The van der Waals surface area contributed by atoms with E-state index in [1.165, 1.54) is 17.4 Å². The van der Waals surface area contributed by atoms with Crippen LogP contribution in [0.5, 0.6) is 0 Å². The van der Waals surface area contributed by atoms with Crippen molar-refractivity contribution in [1.29, 1.82) is 0 Å². The molecule has 0 aliphatic rings. The lowest BCUT2D eigenvalue weighted by molar-refractivity contribution is -0.138. The zero-order valence-electron chi connectivity index (χ0n) is 16.8. The van der Waals surface area contributed by atoms with Gasteiger partial charge in [0.15, 0.2) is 0 Å². The lowest BCUT2D eigenvalue weighted by Gasteiger charge is -2.12. The Balaban J connectivity index is 1.43. The highest BCUT2D eigenvalue weighted by molar-refractivity contribution is 7.23. The molecule has 0 N–H and O–H groups in total. The summed E-state index contributed by atoms with van der Waals surface area (Å²) in [6, 6.07) is 17.6. The molecule has 2 heterocycles. The second-order valence-electron chi connectivity index (χ2n) is 7.36. The molecular formula is C25H18Cl2F3NS. The van der Waals surface area contributed by atoms with Crippen LogP contribution >= 0.6 is 34.5 Å². The largest absolute Gasteiger partial charge is 0.416 e. The molecule has 0 aliphatic heterocycles. The first-order valence-corrected chi connectivity index (χ1v) is 11.5. The van der Waals surface area contributed by atoms with Gasteiger partial charge in [-0.3, -0.25) is 0 Å². The molecule has 4 rings (SSSR count). The molecule has 32 heavy (non-hydrogen) atoms. The van der Waals surface area contributed by atoms with Crippen LogP contribution in [-0.2, 0) is 19.0 Å². The molecule has 1 nitrogen and oxygen atoms in total. The predicted molar refractivity (Wildman–Crippen MR) is 128 cm³/mol. The summed E-state index contributed by atoms with van der Waals surface area (Å²) in [5.74, 6) is 0. The molecule has 0 saturated heterocycles. The van der Waals surface area contributed by atoms with Crippen LogP contribution in [0.4, 0.5) is 13.2 Å². The summed E-state index contributed by atoms with van der Waals surface area (Å²) in [4.78, 5) is 4.56. The number of nitrogens with zero attached hydrogens (tertiary/aromatic N) is 1. The maximum Gasteiger partial charge on any atom is 0.416 e. The van der Waals surface area contributed by atoms with Crippen molar-refractivity contribution in [2.24, 2.45) is 0 Å². The fraction of sp³-hybridized carbons (Fsp3) is 0.160. The minimum absolute atomic E-state index is 0.338. The van der Waals surface area contributed by atoms with Crippen LogP contribution < -0.4 is 0 Å². The summed E-state index contributed by atoms with van der Waals surface area (Å²) in [6.45, 7) is 0. The van der Waals surface area contributed by atoms with Gasteiger partial charge in [0.05, 0.1) is 21.0 Å². The quantitative estimate of drug-likeness (QED) is 0.262. The van der Waals surface area contributed by atoms with Crippen LogP contribution in [0, 0.1) is 0 Å². The summed E-state index contributed by atoms with van der Waals surface area (Å²) < 4.78 is 40.9. The Morgan fingerprint density at radius 1 is 0.906 bits per heavy atom. The summed E-state index contributed by atoms with van der Waals surface area (Å²) in [5.41, 5.74) is 3.32. The number of hydrogen-bond acceptors (Lipinski definition) is 2. The molecule has 0 unspecified atom stereocenters. The molecule has 4 aromatic rings. The number of aromatic nitrogens is 1. The molecule has 164 valence electrons. The van der Waals surface area contributed by atoms with E-state index in [4.69, 9.17) is 23.2 Å². The third-order valence-electron chi connectivity index (χ3n) is 5.09. The summed E-state index contributed by atoms with van der Waals surface area (Å²) >= 11 is 13.7. The van der Waals surface area contributed by atoms with Crippen molar-refractivity contribution in [3.63, 3.8) is 0 Å². The summed E-state index contributed by atoms with van der Waals surface area (Å²) in [6.07, 6.45) is 1.25. The second kappa shape index (κ2) is 9.65.